The van der Waals surface area contributed by atoms with E-state index in [-0.39, 0.29) is 11.5 Å². The van der Waals surface area contributed by atoms with Gasteiger partial charge in [0.15, 0.2) is 0 Å². The van der Waals surface area contributed by atoms with Crippen molar-refractivity contribution in [1.29, 1.82) is 0 Å². The Bertz CT molecular complexity index is 836. The molecule has 1 aromatic carbocycles. The largest absolute Gasteiger partial charge is 0.322 e. The second-order valence-corrected chi connectivity index (χ2v) is 5.47. The summed E-state index contributed by atoms with van der Waals surface area (Å²) in [5.41, 5.74) is 0.789. The van der Waals surface area contributed by atoms with E-state index in [4.69, 9.17) is 0 Å². The summed E-state index contributed by atoms with van der Waals surface area (Å²) in [6.07, 6.45) is 1.35. The van der Waals surface area contributed by atoms with Crippen LogP contribution in [0.4, 0.5) is 5.69 Å². The molecule has 5 nitrogen and oxygen atoms in total. The van der Waals surface area contributed by atoms with E-state index in [1.165, 1.54) is 17.7 Å². The number of nitrogens with zero attached hydrogens (tertiary/aromatic N) is 1. The fraction of sp³-hybridized carbons (Fsp3) is 0.0714. The van der Waals surface area contributed by atoms with Gasteiger partial charge in [-0.25, -0.2) is 4.98 Å². The van der Waals surface area contributed by atoms with Gasteiger partial charge in [-0.05, 0) is 19.1 Å². The molecule has 0 aliphatic heterocycles. The third kappa shape index (κ3) is 2.10. The van der Waals surface area contributed by atoms with E-state index >= 15 is 0 Å². The normalized spacial score (nSPS) is 10.7. The number of benzene rings is 1. The van der Waals surface area contributed by atoms with E-state index < -0.39 is 0 Å². The van der Waals surface area contributed by atoms with Gasteiger partial charge >= 0.3 is 0 Å². The lowest BCUT2D eigenvalue weighted by molar-refractivity contribution is 0.102. The molecule has 20 heavy (non-hydrogen) atoms. The van der Waals surface area contributed by atoms with Gasteiger partial charge in [-0.1, -0.05) is 18.2 Å². The highest BCUT2D eigenvalue weighted by molar-refractivity contribution is 7.19. The van der Waals surface area contributed by atoms with Gasteiger partial charge < -0.3 is 10.3 Å². The van der Waals surface area contributed by atoms with Crippen molar-refractivity contribution in [3.8, 4) is 0 Å². The Morgan fingerprint density at radius 1 is 1.30 bits per heavy atom. The number of hydrogen-bond donors (Lipinski definition) is 2. The maximum atomic E-state index is 12.4. The Morgan fingerprint density at radius 2 is 2.05 bits per heavy atom. The Hall–Kier alpha value is -2.47. The van der Waals surface area contributed by atoms with Crippen molar-refractivity contribution in [3.63, 3.8) is 0 Å². The van der Waals surface area contributed by atoms with Crippen LogP contribution in [0.15, 0.2) is 41.5 Å². The average molecular weight is 285 g/mol. The van der Waals surface area contributed by atoms with E-state index in [1.807, 2.05) is 25.1 Å². The fourth-order valence-electron chi connectivity index (χ4n) is 2.04. The predicted octanol–water partition coefficient (Wildman–Crippen LogP) is 2.55. The molecular formula is C14H11N3O2S. The van der Waals surface area contributed by atoms with Crippen LogP contribution >= 0.6 is 11.3 Å². The molecule has 0 atom stereocenters. The highest BCUT2D eigenvalue weighted by atomic mass is 32.1. The topological polar surface area (TPSA) is 74.8 Å². The third-order valence-electron chi connectivity index (χ3n) is 2.93. The highest BCUT2D eigenvalue weighted by Crippen LogP contribution is 2.27. The Morgan fingerprint density at radius 3 is 2.80 bits per heavy atom. The minimum Gasteiger partial charge on any atom is -0.322 e. The second kappa shape index (κ2) is 4.90. The summed E-state index contributed by atoms with van der Waals surface area (Å²) < 4.78 is 0. The number of carbonyl (C=O) groups excluding carboxylic acids is 1. The number of carbonyl (C=O) groups is 1. The van der Waals surface area contributed by atoms with E-state index in [9.17, 15) is 9.59 Å². The van der Waals surface area contributed by atoms with Crippen molar-refractivity contribution in [2.75, 3.05) is 5.32 Å². The number of rotatable bonds is 2. The van der Waals surface area contributed by atoms with E-state index in [1.54, 1.807) is 12.1 Å². The zero-order valence-electron chi connectivity index (χ0n) is 10.6. The number of aromatic nitrogens is 2. The maximum absolute atomic E-state index is 12.4. The van der Waals surface area contributed by atoms with Crippen molar-refractivity contribution < 1.29 is 4.79 Å². The minimum atomic E-state index is -0.294. The summed E-state index contributed by atoms with van der Waals surface area (Å²) in [5, 5.41) is 3.14. The smallest absolute Gasteiger partial charge is 0.260 e. The highest BCUT2D eigenvalue weighted by Gasteiger charge is 2.19. The number of thiophene rings is 1. The summed E-state index contributed by atoms with van der Waals surface area (Å²) in [4.78, 5) is 32.2. The number of anilines is 1. The van der Waals surface area contributed by atoms with Crippen LogP contribution < -0.4 is 10.9 Å². The Labute approximate surface area is 118 Å². The first-order valence-electron chi connectivity index (χ1n) is 6.00. The molecule has 2 N–H and O–H groups in total. The van der Waals surface area contributed by atoms with Crippen LogP contribution in [0.1, 0.15) is 15.2 Å². The second-order valence-electron chi connectivity index (χ2n) is 4.27. The van der Waals surface area contributed by atoms with Crippen LogP contribution in [-0.2, 0) is 0 Å². The van der Waals surface area contributed by atoms with Crippen LogP contribution in [0.2, 0.25) is 0 Å². The minimum absolute atomic E-state index is 0.293. The number of amides is 1. The zero-order chi connectivity index (χ0) is 14.1. The van der Waals surface area contributed by atoms with Gasteiger partial charge in [-0.15, -0.1) is 11.3 Å². The molecule has 0 saturated heterocycles. The molecule has 100 valence electrons. The molecule has 0 unspecified atom stereocenters. The molecule has 0 radical (unpaired) electrons. The zero-order valence-corrected chi connectivity index (χ0v) is 11.5. The summed E-state index contributed by atoms with van der Waals surface area (Å²) >= 11 is 1.34. The molecule has 6 heteroatoms. The van der Waals surface area contributed by atoms with E-state index in [0.29, 0.717) is 21.5 Å². The molecule has 2 aromatic heterocycles. The number of fused-ring (bicyclic) bond motifs is 1. The van der Waals surface area contributed by atoms with Gasteiger partial charge in [-0.3, -0.25) is 9.59 Å². The molecule has 0 aliphatic rings. The van der Waals surface area contributed by atoms with Crippen LogP contribution in [0, 0.1) is 6.92 Å². The summed E-state index contributed by atoms with van der Waals surface area (Å²) in [7, 11) is 0. The molecule has 0 bridgehead atoms. The SMILES string of the molecule is Cc1sc2nc[nH]c(=O)c2c1C(=O)Nc1ccccc1. The first-order chi connectivity index (χ1) is 9.66. The van der Waals surface area contributed by atoms with Gasteiger partial charge in [0.25, 0.3) is 11.5 Å². The summed E-state index contributed by atoms with van der Waals surface area (Å²) in [5.74, 6) is -0.293. The average Bonchev–Trinajstić information content (AvgIpc) is 2.77. The van der Waals surface area contributed by atoms with Crippen LogP contribution in [0.25, 0.3) is 10.2 Å². The lowest BCUT2D eigenvalue weighted by Crippen LogP contribution is -2.16. The van der Waals surface area contributed by atoms with Crippen molar-refractivity contribution in [3.05, 3.63) is 57.5 Å². The lowest BCUT2D eigenvalue weighted by Gasteiger charge is -2.04. The van der Waals surface area contributed by atoms with E-state index in [0.717, 1.165) is 4.88 Å². The quantitative estimate of drug-likeness (QED) is 0.759. The first kappa shape index (κ1) is 12.6. The third-order valence-corrected chi connectivity index (χ3v) is 3.94. The summed E-state index contributed by atoms with van der Waals surface area (Å²) in [6.45, 7) is 1.81. The van der Waals surface area contributed by atoms with Gasteiger partial charge in [0, 0.05) is 10.6 Å². The Balaban J connectivity index is 2.08. The molecule has 0 saturated carbocycles. The van der Waals surface area contributed by atoms with Crippen LogP contribution in [0.3, 0.4) is 0 Å². The number of aromatic amines is 1. The predicted molar refractivity (Wildman–Crippen MR) is 79.4 cm³/mol. The fourth-order valence-corrected chi connectivity index (χ4v) is 3.03. The standard InChI is InChI=1S/C14H11N3O2S/c1-8-10(11-12(18)15-7-16-14(11)20-8)13(19)17-9-5-3-2-4-6-9/h2-7H,1H3,(H,17,19)(H,15,16,18). The van der Waals surface area contributed by atoms with Crippen molar-refractivity contribution >= 4 is 33.1 Å². The monoisotopic (exact) mass is 285 g/mol. The molecule has 0 spiro atoms. The van der Waals surface area contributed by atoms with Crippen LogP contribution in [-0.4, -0.2) is 15.9 Å². The molecular weight excluding hydrogens is 274 g/mol. The first-order valence-corrected chi connectivity index (χ1v) is 6.81. The molecule has 0 aliphatic carbocycles. The molecule has 3 rings (SSSR count). The van der Waals surface area contributed by atoms with Crippen LogP contribution in [0.5, 0.6) is 0 Å². The molecule has 3 aromatic rings. The number of H-pyrrole nitrogens is 1. The van der Waals surface area contributed by atoms with E-state index in [2.05, 4.69) is 15.3 Å². The summed E-state index contributed by atoms with van der Waals surface area (Å²) in [6, 6.07) is 9.13. The number of aryl methyl sites for hydroxylation is 1. The number of hydrogen-bond acceptors (Lipinski definition) is 4. The maximum Gasteiger partial charge on any atom is 0.260 e. The molecule has 0 fully saturated rings. The number of para-hydroxylation sites is 1. The number of nitrogens with one attached hydrogen (secondary N) is 2. The molecule has 1 amide bonds. The Kier molecular flexibility index (Phi) is 3.08. The van der Waals surface area contributed by atoms with Crippen molar-refractivity contribution in [2.24, 2.45) is 0 Å². The van der Waals surface area contributed by atoms with Crippen molar-refractivity contribution in [2.45, 2.75) is 6.92 Å². The van der Waals surface area contributed by atoms with Gasteiger partial charge in [0.05, 0.1) is 17.3 Å². The molecule has 2 heterocycles. The lowest BCUT2D eigenvalue weighted by atomic mass is 10.1. The van der Waals surface area contributed by atoms with Crippen molar-refractivity contribution in [1.82, 2.24) is 9.97 Å². The van der Waals surface area contributed by atoms with Gasteiger partial charge in [-0.2, -0.15) is 0 Å². The van der Waals surface area contributed by atoms with Gasteiger partial charge in [0.1, 0.15) is 4.83 Å². The van der Waals surface area contributed by atoms with Gasteiger partial charge in [0.2, 0.25) is 0 Å².